The van der Waals surface area contributed by atoms with Crippen LogP contribution in [0.3, 0.4) is 0 Å². The monoisotopic (exact) mass is 662 g/mol. The smallest absolute Gasteiger partial charge is 0.160 e. The van der Waals surface area contributed by atoms with Crippen molar-refractivity contribution >= 4 is 11.0 Å². The van der Waals surface area contributed by atoms with Crippen LogP contribution in [0.4, 0.5) is 0 Å². The lowest BCUT2D eigenvalue weighted by atomic mass is 9.72. The van der Waals surface area contributed by atoms with Crippen molar-refractivity contribution in [2.24, 2.45) is 0 Å². The van der Waals surface area contributed by atoms with E-state index in [0.717, 1.165) is 55.9 Å². The van der Waals surface area contributed by atoms with Crippen LogP contribution < -0.4 is 0 Å². The van der Waals surface area contributed by atoms with Crippen LogP contribution in [0.15, 0.2) is 186 Å². The van der Waals surface area contributed by atoms with Crippen molar-refractivity contribution in [1.82, 2.24) is 9.97 Å². The van der Waals surface area contributed by atoms with Crippen LogP contribution in [-0.4, -0.2) is 9.97 Å². The minimum absolute atomic E-state index is 0.563. The zero-order valence-corrected chi connectivity index (χ0v) is 28.1. The SMILES string of the molecule is c1ccc(-c2cc(-c3cccc(-c4ccc5c(c4)C4(c6ccccc6-c6ccccc64)c4oc6ccccc6c4-5)c3)nc(-c3ccccc3)n2)cc1. The van der Waals surface area contributed by atoms with Crippen molar-refractivity contribution in [1.29, 1.82) is 0 Å². The van der Waals surface area contributed by atoms with Crippen molar-refractivity contribution in [3.8, 4) is 67.3 Å². The van der Waals surface area contributed by atoms with E-state index in [1.54, 1.807) is 0 Å². The number of benzene rings is 7. The number of rotatable bonds is 4. The van der Waals surface area contributed by atoms with Crippen LogP contribution in [0, 0.1) is 0 Å². The van der Waals surface area contributed by atoms with Gasteiger partial charge in [-0.15, -0.1) is 0 Å². The molecule has 3 nitrogen and oxygen atoms in total. The summed E-state index contributed by atoms with van der Waals surface area (Å²) in [6, 6.07) is 64.5. The van der Waals surface area contributed by atoms with Crippen molar-refractivity contribution < 1.29 is 4.42 Å². The minimum atomic E-state index is -0.563. The van der Waals surface area contributed by atoms with E-state index in [1.807, 2.05) is 24.3 Å². The largest absolute Gasteiger partial charge is 0.459 e. The molecule has 2 aromatic heterocycles. The quantitative estimate of drug-likeness (QED) is 0.188. The molecule has 52 heavy (non-hydrogen) atoms. The first-order chi connectivity index (χ1) is 25.8. The predicted octanol–water partition coefficient (Wildman–Crippen LogP) is 12.2. The van der Waals surface area contributed by atoms with Gasteiger partial charge < -0.3 is 4.42 Å². The molecule has 0 unspecified atom stereocenters. The van der Waals surface area contributed by atoms with Gasteiger partial charge in [0.2, 0.25) is 0 Å². The third kappa shape index (κ3) is 4.08. The normalized spacial score (nSPS) is 13.2. The van der Waals surface area contributed by atoms with Crippen molar-refractivity contribution in [3.05, 3.63) is 204 Å². The Morgan fingerprint density at radius 1 is 0.385 bits per heavy atom. The van der Waals surface area contributed by atoms with Crippen LogP contribution in [0.5, 0.6) is 0 Å². The molecule has 0 N–H and O–H groups in total. The van der Waals surface area contributed by atoms with Crippen molar-refractivity contribution in [2.45, 2.75) is 5.41 Å². The molecule has 3 heteroatoms. The summed E-state index contributed by atoms with van der Waals surface area (Å²) in [4.78, 5) is 10.1. The second-order valence-corrected chi connectivity index (χ2v) is 13.7. The molecule has 0 fully saturated rings. The van der Waals surface area contributed by atoms with Gasteiger partial charge in [-0.1, -0.05) is 158 Å². The highest BCUT2D eigenvalue weighted by molar-refractivity contribution is 6.05. The Bertz CT molecular complexity index is 2750. The van der Waals surface area contributed by atoms with Crippen LogP contribution in [-0.2, 0) is 5.41 Å². The lowest BCUT2D eigenvalue weighted by Crippen LogP contribution is -2.25. The van der Waals surface area contributed by atoms with Crippen LogP contribution in [0.1, 0.15) is 22.5 Å². The fourth-order valence-electron chi connectivity index (χ4n) is 8.65. The molecule has 2 aliphatic carbocycles. The van der Waals surface area contributed by atoms with E-state index in [0.29, 0.717) is 5.82 Å². The third-order valence-electron chi connectivity index (χ3n) is 10.9. The molecule has 1 spiro atoms. The first-order valence-electron chi connectivity index (χ1n) is 17.7. The summed E-state index contributed by atoms with van der Waals surface area (Å²) in [7, 11) is 0. The average Bonchev–Trinajstić information content (AvgIpc) is 3.85. The van der Waals surface area contributed by atoms with E-state index in [-0.39, 0.29) is 0 Å². The molecular formula is C49H30N2O. The minimum Gasteiger partial charge on any atom is -0.459 e. The van der Waals surface area contributed by atoms with E-state index in [4.69, 9.17) is 14.4 Å². The van der Waals surface area contributed by atoms with Crippen LogP contribution >= 0.6 is 0 Å². The Balaban J connectivity index is 1.12. The zero-order chi connectivity index (χ0) is 34.2. The molecule has 0 amide bonds. The number of hydrogen-bond donors (Lipinski definition) is 0. The molecular weight excluding hydrogens is 633 g/mol. The maximum atomic E-state index is 6.95. The van der Waals surface area contributed by atoms with E-state index < -0.39 is 5.41 Å². The molecule has 11 rings (SSSR count). The summed E-state index contributed by atoms with van der Waals surface area (Å²) in [5.74, 6) is 1.72. The first kappa shape index (κ1) is 28.9. The number of fused-ring (bicyclic) bond motifs is 12. The fourth-order valence-corrected chi connectivity index (χ4v) is 8.65. The van der Waals surface area contributed by atoms with Gasteiger partial charge in [-0.2, -0.15) is 0 Å². The highest BCUT2D eigenvalue weighted by Crippen LogP contribution is 2.64. The lowest BCUT2D eigenvalue weighted by molar-refractivity contribution is 0.507. The fraction of sp³-hybridized carbons (Fsp3) is 0.0204. The van der Waals surface area contributed by atoms with Gasteiger partial charge in [0.1, 0.15) is 16.8 Å². The molecule has 0 saturated carbocycles. The summed E-state index contributed by atoms with van der Waals surface area (Å²) >= 11 is 0. The standard InChI is InChI=1S/C49H30N2O/c1-3-14-31(15-4-1)43-30-44(51-48(50-43)32-16-5-2-6-17-32)35-19-13-18-33(28-35)34-26-27-38-42(29-34)49(47-46(38)39-22-9-12-25-45(39)52-47)40-23-10-7-20-36(40)37-21-8-11-24-41(37)49/h1-30H. The number of furan rings is 1. The van der Waals surface area contributed by atoms with Gasteiger partial charge in [-0.3, -0.25) is 0 Å². The summed E-state index contributed by atoms with van der Waals surface area (Å²) < 4.78 is 6.95. The second-order valence-electron chi connectivity index (χ2n) is 13.7. The highest BCUT2D eigenvalue weighted by Gasteiger charge is 2.55. The second kappa shape index (κ2) is 11.1. The van der Waals surface area contributed by atoms with Crippen molar-refractivity contribution in [3.63, 3.8) is 0 Å². The number of para-hydroxylation sites is 1. The molecule has 0 saturated heterocycles. The maximum absolute atomic E-state index is 6.95. The lowest BCUT2D eigenvalue weighted by Gasteiger charge is -2.28. The molecule has 0 aliphatic heterocycles. The van der Waals surface area contributed by atoms with Gasteiger partial charge in [0, 0.05) is 27.6 Å². The van der Waals surface area contributed by atoms with E-state index in [9.17, 15) is 0 Å². The molecule has 242 valence electrons. The Morgan fingerprint density at radius 2 is 0.962 bits per heavy atom. The van der Waals surface area contributed by atoms with Crippen LogP contribution in [0.2, 0.25) is 0 Å². The predicted molar refractivity (Wildman–Crippen MR) is 210 cm³/mol. The molecule has 2 aliphatic rings. The van der Waals surface area contributed by atoms with Gasteiger partial charge in [-0.05, 0) is 68.8 Å². The van der Waals surface area contributed by atoms with Gasteiger partial charge in [0.25, 0.3) is 0 Å². The van der Waals surface area contributed by atoms with E-state index in [1.165, 1.54) is 38.9 Å². The molecule has 7 aromatic carbocycles. The Morgan fingerprint density at radius 3 is 1.71 bits per heavy atom. The molecule has 0 bridgehead atoms. The van der Waals surface area contributed by atoms with Crippen molar-refractivity contribution in [2.75, 3.05) is 0 Å². The number of hydrogen-bond acceptors (Lipinski definition) is 3. The Labute approximate surface area is 301 Å². The third-order valence-corrected chi connectivity index (χ3v) is 10.9. The topological polar surface area (TPSA) is 38.9 Å². The van der Waals surface area contributed by atoms with Gasteiger partial charge in [0.05, 0.1) is 11.4 Å². The maximum Gasteiger partial charge on any atom is 0.160 e. The Hall–Kier alpha value is -6.84. The molecule has 9 aromatic rings. The van der Waals surface area contributed by atoms with Gasteiger partial charge in [-0.25, -0.2) is 9.97 Å². The van der Waals surface area contributed by atoms with Gasteiger partial charge in [0.15, 0.2) is 5.82 Å². The number of aromatic nitrogens is 2. The average molecular weight is 663 g/mol. The summed E-state index contributed by atoms with van der Waals surface area (Å²) in [6.07, 6.45) is 0. The van der Waals surface area contributed by atoms with E-state index in [2.05, 4.69) is 158 Å². The molecule has 0 atom stereocenters. The number of nitrogens with zero attached hydrogens (tertiary/aromatic N) is 2. The van der Waals surface area contributed by atoms with E-state index >= 15 is 0 Å². The van der Waals surface area contributed by atoms with Gasteiger partial charge >= 0.3 is 0 Å². The molecule has 2 heterocycles. The summed E-state index contributed by atoms with van der Waals surface area (Å²) in [5.41, 5.74) is 16.2. The first-order valence-corrected chi connectivity index (χ1v) is 17.7. The van der Waals surface area contributed by atoms with Crippen LogP contribution in [0.25, 0.3) is 78.3 Å². The highest BCUT2D eigenvalue weighted by atomic mass is 16.3. The zero-order valence-electron chi connectivity index (χ0n) is 28.1. The summed E-state index contributed by atoms with van der Waals surface area (Å²) in [5, 5.41) is 1.15. The molecule has 0 radical (unpaired) electrons. The Kier molecular flexibility index (Phi) is 6.17. The summed E-state index contributed by atoms with van der Waals surface area (Å²) in [6.45, 7) is 0.